The van der Waals surface area contributed by atoms with E-state index in [1.54, 1.807) is 20.8 Å². The van der Waals surface area contributed by atoms with Gasteiger partial charge in [-0.15, -0.1) is 11.8 Å². The maximum Gasteiger partial charge on any atom is 0.408 e. The van der Waals surface area contributed by atoms with Crippen molar-refractivity contribution in [1.82, 2.24) is 20.9 Å². The number of amides is 4. The molecule has 1 aromatic rings. The van der Waals surface area contributed by atoms with E-state index in [1.807, 2.05) is 30.3 Å². The van der Waals surface area contributed by atoms with E-state index < -0.39 is 40.4 Å². The topological polar surface area (TPSA) is 126 Å². The molecule has 36 heavy (non-hydrogen) atoms. The summed E-state index contributed by atoms with van der Waals surface area (Å²) in [6.45, 7) is 7.85. The van der Waals surface area contributed by atoms with Crippen LogP contribution < -0.4 is 16.0 Å². The molecular weight excluding hydrogens is 484 g/mol. The van der Waals surface area contributed by atoms with Crippen LogP contribution >= 0.6 is 11.8 Å². The SMILES string of the molecule is CCCCCNC(=O)NC1C=C(C(=O)OC(C)(C)C)N2C(=O)C(NC(=O)OCc3ccccc3)[C@H]2S1. The van der Waals surface area contributed by atoms with Crippen molar-refractivity contribution in [2.45, 2.75) is 76.0 Å². The second-order valence-electron chi connectivity index (χ2n) is 9.50. The molecule has 11 heteroatoms. The Bertz CT molecular complexity index is 994. The molecule has 3 N–H and O–H groups in total. The van der Waals surface area contributed by atoms with E-state index in [0.717, 1.165) is 24.8 Å². The highest BCUT2D eigenvalue weighted by Gasteiger charge is 2.55. The number of thioether (sulfide) groups is 1. The zero-order valence-electron chi connectivity index (χ0n) is 21.0. The second kappa shape index (κ2) is 12.2. The highest BCUT2D eigenvalue weighted by atomic mass is 32.2. The monoisotopic (exact) mass is 518 g/mol. The van der Waals surface area contributed by atoms with Crippen molar-refractivity contribution < 1.29 is 28.7 Å². The first kappa shape index (κ1) is 27.4. The molecule has 0 aliphatic carbocycles. The summed E-state index contributed by atoms with van der Waals surface area (Å²) in [7, 11) is 0. The molecule has 1 saturated heterocycles. The smallest absolute Gasteiger partial charge is 0.408 e. The first-order chi connectivity index (χ1) is 17.1. The van der Waals surface area contributed by atoms with E-state index in [0.29, 0.717) is 6.54 Å². The summed E-state index contributed by atoms with van der Waals surface area (Å²) in [5.41, 5.74) is 0.0704. The molecule has 3 atom stereocenters. The van der Waals surface area contributed by atoms with E-state index in [1.165, 1.54) is 22.7 Å². The van der Waals surface area contributed by atoms with Gasteiger partial charge in [-0.05, 0) is 38.8 Å². The number of rotatable bonds is 9. The first-order valence-electron chi connectivity index (χ1n) is 12.0. The molecule has 2 heterocycles. The number of fused-ring (bicyclic) bond motifs is 1. The van der Waals surface area contributed by atoms with Crippen LogP contribution in [0.3, 0.4) is 0 Å². The van der Waals surface area contributed by atoms with Crippen LogP contribution in [0.15, 0.2) is 42.1 Å². The van der Waals surface area contributed by atoms with Crippen molar-refractivity contribution in [1.29, 1.82) is 0 Å². The number of ether oxygens (including phenoxy) is 2. The first-order valence-corrected chi connectivity index (χ1v) is 13.0. The maximum absolute atomic E-state index is 12.9. The summed E-state index contributed by atoms with van der Waals surface area (Å²) in [6, 6.07) is 7.87. The summed E-state index contributed by atoms with van der Waals surface area (Å²) in [5, 5.41) is 6.97. The van der Waals surface area contributed by atoms with Crippen molar-refractivity contribution in [2.75, 3.05) is 6.54 Å². The van der Waals surface area contributed by atoms with Crippen molar-refractivity contribution in [3.05, 3.63) is 47.7 Å². The van der Waals surface area contributed by atoms with Gasteiger partial charge in [0.05, 0.1) is 5.37 Å². The van der Waals surface area contributed by atoms with Gasteiger partial charge < -0.3 is 25.4 Å². The third-order valence-electron chi connectivity index (χ3n) is 5.33. The molecule has 0 saturated carbocycles. The largest absolute Gasteiger partial charge is 0.455 e. The molecule has 0 radical (unpaired) electrons. The Morgan fingerprint density at radius 3 is 2.47 bits per heavy atom. The van der Waals surface area contributed by atoms with E-state index in [9.17, 15) is 19.2 Å². The minimum atomic E-state index is -0.915. The average molecular weight is 519 g/mol. The van der Waals surface area contributed by atoms with Gasteiger partial charge in [0.15, 0.2) is 0 Å². The van der Waals surface area contributed by atoms with Crippen LogP contribution in [-0.4, -0.2) is 57.8 Å². The fraction of sp³-hybridized carbons (Fsp3) is 0.520. The fourth-order valence-electron chi connectivity index (χ4n) is 3.63. The molecule has 1 fully saturated rings. The minimum absolute atomic E-state index is 0.0330. The lowest BCUT2D eigenvalue weighted by atomic mass is 10.1. The normalized spacial score (nSPS) is 20.9. The van der Waals surface area contributed by atoms with Crippen LogP contribution in [0.1, 0.15) is 52.5 Å². The van der Waals surface area contributed by atoms with Gasteiger partial charge in [0.2, 0.25) is 0 Å². The number of hydrogen-bond acceptors (Lipinski definition) is 7. The molecule has 2 aliphatic heterocycles. The van der Waals surface area contributed by atoms with Gasteiger partial charge in [-0.2, -0.15) is 0 Å². The maximum atomic E-state index is 12.9. The molecule has 10 nitrogen and oxygen atoms in total. The van der Waals surface area contributed by atoms with Gasteiger partial charge in [-0.25, -0.2) is 14.4 Å². The van der Waals surface area contributed by atoms with E-state index >= 15 is 0 Å². The Hall–Kier alpha value is -3.21. The lowest BCUT2D eigenvalue weighted by Crippen LogP contribution is -2.71. The molecule has 0 bridgehead atoms. The molecule has 196 valence electrons. The summed E-state index contributed by atoms with van der Waals surface area (Å²) in [5.74, 6) is -1.13. The van der Waals surface area contributed by atoms with Gasteiger partial charge in [-0.1, -0.05) is 50.1 Å². The highest BCUT2D eigenvalue weighted by molar-refractivity contribution is 8.00. The minimum Gasteiger partial charge on any atom is -0.455 e. The number of unbranched alkanes of at least 4 members (excludes halogenated alkanes) is 2. The Kier molecular flexibility index (Phi) is 9.25. The van der Waals surface area contributed by atoms with Crippen molar-refractivity contribution in [3.63, 3.8) is 0 Å². The van der Waals surface area contributed by atoms with E-state index in [4.69, 9.17) is 9.47 Å². The Labute approximate surface area is 215 Å². The predicted molar refractivity (Wildman–Crippen MR) is 136 cm³/mol. The van der Waals surface area contributed by atoms with E-state index in [2.05, 4.69) is 22.9 Å². The van der Waals surface area contributed by atoms with Crippen LogP contribution in [0, 0.1) is 0 Å². The predicted octanol–water partition coefficient (Wildman–Crippen LogP) is 3.24. The molecule has 3 rings (SSSR count). The Morgan fingerprint density at radius 2 is 1.81 bits per heavy atom. The number of carbonyl (C=O) groups is 4. The zero-order chi connectivity index (χ0) is 26.3. The van der Waals surface area contributed by atoms with Gasteiger partial charge in [-0.3, -0.25) is 9.69 Å². The molecule has 0 aromatic heterocycles. The molecular formula is C25H34N4O6S. The quantitative estimate of drug-likeness (QED) is 0.260. The molecule has 0 spiro atoms. The number of urea groups is 1. The van der Waals surface area contributed by atoms with Crippen molar-refractivity contribution >= 4 is 35.8 Å². The summed E-state index contributed by atoms with van der Waals surface area (Å²) < 4.78 is 10.7. The number of alkyl carbamates (subject to hydrolysis) is 1. The number of nitrogens with one attached hydrogen (secondary N) is 3. The van der Waals surface area contributed by atoms with E-state index in [-0.39, 0.29) is 18.3 Å². The van der Waals surface area contributed by atoms with Crippen molar-refractivity contribution in [3.8, 4) is 0 Å². The third kappa shape index (κ3) is 7.39. The average Bonchev–Trinajstić information content (AvgIpc) is 2.83. The van der Waals surface area contributed by atoms with Crippen LogP contribution in [0.4, 0.5) is 9.59 Å². The number of hydrogen-bond donors (Lipinski definition) is 3. The van der Waals surface area contributed by atoms with Crippen LogP contribution in [0.25, 0.3) is 0 Å². The highest BCUT2D eigenvalue weighted by Crippen LogP contribution is 2.40. The standard InChI is InChI=1S/C25H34N4O6S/c1-5-6-10-13-26-23(32)27-18-14-17(22(31)35-25(2,3)4)29-20(30)19(21(29)36-18)28-24(33)34-15-16-11-8-7-9-12-16/h7-9,11-12,14,18-19,21H,5-6,10,13,15H2,1-4H3,(H,28,33)(H2,26,27,32)/t18?,19?,21-/m1/s1. The number of esters is 1. The van der Waals surface area contributed by atoms with Crippen LogP contribution in [0.5, 0.6) is 0 Å². The van der Waals surface area contributed by atoms with Gasteiger partial charge in [0.1, 0.15) is 29.3 Å². The molecule has 2 aliphatic rings. The van der Waals surface area contributed by atoms with Gasteiger partial charge in [0, 0.05) is 6.54 Å². The molecule has 2 unspecified atom stereocenters. The van der Waals surface area contributed by atoms with Crippen LogP contribution in [0.2, 0.25) is 0 Å². The van der Waals surface area contributed by atoms with Crippen LogP contribution in [-0.2, 0) is 25.7 Å². The lowest BCUT2D eigenvalue weighted by Gasteiger charge is -2.50. The Morgan fingerprint density at radius 1 is 1.08 bits per heavy atom. The summed E-state index contributed by atoms with van der Waals surface area (Å²) in [6.07, 6.45) is 3.67. The third-order valence-corrected chi connectivity index (χ3v) is 6.64. The number of carbonyl (C=O) groups excluding carboxylic acids is 4. The zero-order valence-corrected chi connectivity index (χ0v) is 21.9. The molecule has 4 amide bonds. The number of β-lactam (4-membered cyclic amide) rings is 1. The fourth-order valence-corrected chi connectivity index (χ4v) is 4.99. The molecule has 1 aromatic carbocycles. The lowest BCUT2D eigenvalue weighted by molar-refractivity contribution is -0.158. The summed E-state index contributed by atoms with van der Waals surface area (Å²) in [4.78, 5) is 51.8. The second-order valence-corrected chi connectivity index (χ2v) is 10.8. The van der Waals surface area contributed by atoms with Gasteiger partial charge >= 0.3 is 18.1 Å². The summed E-state index contributed by atoms with van der Waals surface area (Å²) >= 11 is 1.24. The van der Waals surface area contributed by atoms with Crippen molar-refractivity contribution in [2.24, 2.45) is 0 Å². The van der Waals surface area contributed by atoms with Gasteiger partial charge in [0.25, 0.3) is 5.91 Å². The Balaban J connectivity index is 1.67. The number of benzene rings is 1. The number of nitrogens with zero attached hydrogens (tertiary/aromatic N) is 1.